The summed E-state index contributed by atoms with van der Waals surface area (Å²) in [5.74, 6) is 2.43. The van der Waals surface area contributed by atoms with Crippen molar-refractivity contribution in [2.45, 2.75) is 126 Å². The first kappa shape index (κ1) is 45.2. The molecule has 0 aromatic heterocycles. The maximum absolute atomic E-state index is 14.4. The standard InChI is InChI=1S/C20H24FN3.C15H25N.C4H9NS.2C2H6/c1-4-15-5-9-18(10-6-15)22-13-17-8-7-16(12-19(17)21)20-11-14(2)24(3)23-20;1-5-13(3)16(14(4)6-2)12-15-10-8-7-9-11-15;1-3-6-4-2-5-1;2*1-2/h5-10,12,14,22H,4,11,13H2,1-3H3;7-11,13-14H,5-6,12H2,1-4H3;5H,1-4H2;2*1-2H3. The van der Waals surface area contributed by atoms with E-state index in [0.717, 1.165) is 36.3 Å². The summed E-state index contributed by atoms with van der Waals surface area (Å²) in [6.45, 7) is 25.4. The Bertz CT molecular complexity index is 1270. The van der Waals surface area contributed by atoms with Crippen molar-refractivity contribution in [3.8, 4) is 0 Å². The Labute approximate surface area is 310 Å². The summed E-state index contributed by atoms with van der Waals surface area (Å²) in [5.41, 5.74) is 6.22. The third-order valence-electron chi connectivity index (χ3n) is 9.00. The third kappa shape index (κ3) is 16.4. The monoisotopic (exact) mass is 708 g/mol. The number of hydrazone groups is 1. The molecule has 3 atom stereocenters. The number of nitrogens with zero attached hydrogens (tertiary/aromatic N) is 3. The van der Waals surface area contributed by atoms with Crippen molar-refractivity contribution in [3.63, 3.8) is 0 Å². The first-order valence-electron chi connectivity index (χ1n) is 19.3. The maximum atomic E-state index is 14.4. The van der Waals surface area contributed by atoms with Crippen LogP contribution >= 0.6 is 11.8 Å². The lowest BCUT2D eigenvalue weighted by Crippen LogP contribution is -2.39. The number of benzene rings is 3. The summed E-state index contributed by atoms with van der Waals surface area (Å²) in [6.07, 6.45) is 4.32. The fourth-order valence-corrected chi connectivity index (χ4v) is 6.15. The fourth-order valence-electron chi connectivity index (χ4n) is 5.37. The Morgan fingerprint density at radius 1 is 0.880 bits per heavy atom. The van der Waals surface area contributed by atoms with Gasteiger partial charge in [0.15, 0.2) is 0 Å². The number of anilines is 1. The van der Waals surface area contributed by atoms with Gasteiger partial charge in [-0.2, -0.15) is 16.9 Å². The van der Waals surface area contributed by atoms with Gasteiger partial charge >= 0.3 is 0 Å². The van der Waals surface area contributed by atoms with E-state index < -0.39 is 0 Å². The molecule has 280 valence electrons. The van der Waals surface area contributed by atoms with Gasteiger partial charge in [0.1, 0.15) is 5.82 Å². The molecule has 3 aromatic rings. The van der Waals surface area contributed by atoms with Crippen molar-refractivity contribution < 1.29 is 4.39 Å². The van der Waals surface area contributed by atoms with Crippen LogP contribution in [0.15, 0.2) is 77.9 Å². The molecule has 2 aliphatic rings. The first-order chi connectivity index (χ1) is 24.2. The molecule has 7 heteroatoms. The molecule has 2 heterocycles. The highest BCUT2D eigenvalue weighted by atomic mass is 32.2. The Morgan fingerprint density at radius 2 is 1.48 bits per heavy atom. The van der Waals surface area contributed by atoms with Crippen LogP contribution in [-0.4, -0.2) is 65.4 Å². The molecule has 3 aromatic carbocycles. The van der Waals surface area contributed by atoms with E-state index >= 15 is 0 Å². The second-order valence-electron chi connectivity index (χ2n) is 12.4. The molecule has 0 spiro atoms. The van der Waals surface area contributed by atoms with Gasteiger partial charge in [-0.15, -0.1) is 0 Å². The summed E-state index contributed by atoms with van der Waals surface area (Å²) in [5, 5.41) is 13.0. The molecule has 0 amide bonds. The van der Waals surface area contributed by atoms with Crippen molar-refractivity contribution in [2.75, 3.05) is 37.0 Å². The SMILES string of the molecule is C1CSCCN1.CC.CC.CCC(C)N(Cc1ccccc1)C(C)CC.CCc1ccc(NCc2ccc(C3=NN(C)C(C)C3)cc2F)cc1. The van der Waals surface area contributed by atoms with Crippen LogP contribution in [-0.2, 0) is 19.5 Å². The third-order valence-corrected chi connectivity index (χ3v) is 9.99. The van der Waals surface area contributed by atoms with Crippen LogP contribution in [0.25, 0.3) is 0 Å². The quantitative estimate of drug-likeness (QED) is 0.208. The van der Waals surface area contributed by atoms with Gasteiger partial charge in [0.05, 0.1) is 5.71 Å². The Hall–Kier alpha value is -2.87. The van der Waals surface area contributed by atoms with Crippen LogP contribution in [0, 0.1) is 5.82 Å². The number of hydrogen-bond donors (Lipinski definition) is 2. The Balaban J connectivity index is 0.000000412. The summed E-state index contributed by atoms with van der Waals surface area (Å²) >= 11 is 2.03. The van der Waals surface area contributed by atoms with Crippen LogP contribution in [0.1, 0.15) is 111 Å². The van der Waals surface area contributed by atoms with Crippen molar-refractivity contribution in [1.82, 2.24) is 15.2 Å². The predicted octanol–water partition coefficient (Wildman–Crippen LogP) is 10.9. The lowest BCUT2D eigenvalue weighted by molar-refractivity contribution is 0.137. The van der Waals surface area contributed by atoms with Crippen molar-refractivity contribution >= 4 is 23.2 Å². The topological polar surface area (TPSA) is 42.9 Å². The number of aryl methyl sites for hydroxylation is 1. The molecule has 0 aliphatic carbocycles. The Kier molecular flexibility index (Phi) is 24.3. The van der Waals surface area contributed by atoms with Gasteiger partial charge in [-0.05, 0) is 69.4 Å². The first-order valence-corrected chi connectivity index (χ1v) is 20.4. The lowest BCUT2D eigenvalue weighted by Gasteiger charge is -2.33. The van der Waals surface area contributed by atoms with Gasteiger partial charge < -0.3 is 10.6 Å². The van der Waals surface area contributed by atoms with E-state index in [0.29, 0.717) is 30.2 Å². The van der Waals surface area contributed by atoms with Gasteiger partial charge in [-0.25, -0.2) is 4.39 Å². The highest BCUT2D eigenvalue weighted by Crippen LogP contribution is 2.21. The normalized spacial score (nSPS) is 16.1. The summed E-state index contributed by atoms with van der Waals surface area (Å²) in [7, 11) is 1.95. The molecule has 2 aliphatic heterocycles. The number of thioether (sulfide) groups is 1. The minimum Gasteiger partial charge on any atom is -0.381 e. The lowest BCUT2D eigenvalue weighted by atomic mass is 10.0. The second-order valence-corrected chi connectivity index (χ2v) is 13.6. The molecule has 3 unspecified atom stereocenters. The van der Waals surface area contributed by atoms with E-state index in [1.807, 2.05) is 75.8 Å². The van der Waals surface area contributed by atoms with Crippen LogP contribution in [0.2, 0.25) is 0 Å². The van der Waals surface area contributed by atoms with Gasteiger partial charge in [-0.1, -0.05) is 103 Å². The largest absolute Gasteiger partial charge is 0.381 e. The summed E-state index contributed by atoms with van der Waals surface area (Å²) in [6, 6.07) is 26.1. The van der Waals surface area contributed by atoms with Gasteiger partial charge in [0.25, 0.3) is 0 Å². The number of halogens is 1. The average molecular weight is 708 g/mol. The van der Waals surface area contributed by atoms with E-state index in [2.05, 4.69) is 105 Å². The smallest absolute Gasteiger partial charge is 0.128 e. The van der Waals surface area contributed by atoms with E-state index in [9.17, 15) is 4.39 Å². The highest BCUT2D eigenvalue weighted by Gasteiger charge is 2.21. The molecular formula is C43H70FN5S. The number of rotatable bonds is 11. The van der Waals surface area contributed by atoms with Crippen molar-refractivity contribution in [1.29, 1.82) is 0 Å². The van der Waals surface area contributed by atoms with Gasteiger partial charge in [0.2, 0.25) is 0 Å². The average Bonchev–Trinajstić information content (AvgIpc) is 3.53. The summed E-state index contributed by atoms with van der Waals surface area (Å²) < 4.78 is 14.4. The van der Waals surface area contributed by atoms with Crippen molar-refractivity contribution in [2.24, 2.45) is 5.10 Å². The summed E-state index contributed by atoms with van der Waals surface area (Å²) in [4.78, 5) is 2.61. The van der Waals surface area contributed by atoms with E-state index in [1.54, 1.807) is 6.07 Å². The van der Waals surface area contributed by atoms with Crippen LogP contribution in [0.4, 0.5) is 10.1 Å². The zero-order chi connectivity index (χ0) is 37.3. The Morgan fingerprint density at radius 3 is 1.92 bits per heavy atom. The van der Waals surface area contributed by atoms with E-state index in [1.165, 1.54) is 48.6 Å². The number of nitrogens with one attached hydrogen (secondary N) is 2. The number of hydrogen-bond acceptors (Lipinski definition) is 6. The van der Waals surface area contributed by atoms with E-state index in [4.69, 9.17) is 0 Å². The molecule has 5 nitrogen and oxygen atoms in total. The maximum Gasteiger partial charge on any atom is 0.128 e. The molecular weight excluding hydrogens is 638 g/mol. The van der Waals surface area contributed by atoms with E-state index in [-0.39, 0.29) is 5.82 Å². The molecule has 0 saturated carbocycles. The zero-order valence-electron chi connectivity index (χ0n) is 33.4. The molecule has 50 heavy (non-hydrogen) atoms. The second kappa shape index (κ2) is 26.9. The van der Waals surface area contributed by atoms with Gasteiger partial charge in [0, 0.05) is 86.1 Å². The predicted molar refractivity (Wildman–Crippen MR) is 222 cm³/mol. The minimum atomic E-state index is -0.185. The minimum absolute atomic E-state index is 0.185. The van der Waals surface area contributed by atoms with Crippen molar-refractivity contribution in [3.05, 3.63) is 101 Å². The van der Waals surface area contributed by atoms with Crippen LogP contribution < -0.4 is 10.6 Å². The van der Waals surface area contributed by atoms with Gasteiger partial charge in [-0.3, -0.25) is 9.91 Å². The molecule has 5 rings (SSSR count). The molecule has 1 saturated heterocycles. The fraction of sp³-hybridized carbons (Fsp3) is 0.558. The van der Waals surface area contributed by atoms with Crippen LogP contribution in [0.3, 0.4) is 0 Å². The molecule has 0 bridgehead atoms. The molecule has 0 radical (unpaired) electrons. The molecule has 1 fully saturated rings. The van der Waals surface area contributed by atoms with Crippen LogP contribution in [0.5, 0.6) is 0 Å². The highest BCUT2D eigenvalue weighted by molar-refractivity contribution is 7.99. The molecule has 2 N–H and O–H groups in total. The zero-order valence-corrected chi connectivity index (χ0v) is 34.2.